The molecule has 156 valence electrons. The molecular weight excluding hydrogens is 376 g/mol. The highest BCUT2D eigenvalue weighted by atomic mass is 16.5. The molecule has 0 aromatic heterocycles. The zero-order valence-electron chi connectivity index (χ0n) is 18.1. The van der Waals surface area contributed by atoms with Crippen molar-refractivity contribution in [1.82, 2.24) is 0 Å². The van der Waals surface area contributed by atoms with Crippen LogP contribution >= 0.6 is 0 Å². The third-order valence-corrected chi connectivity index (χ3v) is 5.24. The first-order valence-electron chi connectivity index (χ1n) is 10.1. The molecule has 0 saturated heterocycles. The van der Waals surface area contributed by atoms with E-state index in [1.807, 2.05) is 36.4 Å². The summed E-state index contributed by atoms with van der Waals surface area (Å²) in [4.78, 5) is 0. The Balaban J connectivity index is 2.12. The zero-order chi connectivity index (χ0) is 21.3. The van der Waals surface area contributed by atoms with Gasteiger partial charge in [-0.05, 0) is 48.2 Å². The Morgan fingerprint density at radius 1 is 0.600 bits per heavy atom. The second kappa shape index (κ2) is 10.5. The van der Waals surface area contributed by atoms with Crippen LogP contribution in [0.15, 0.2) is 36.4 Å². The molecule has 30 heavy (non-hydrogen) atoms. The molecule has 3 rings (SSSR count). The van der Waals surface area contributed by atoms with Crippen molar-refractivity contribution in [3.05, 3.63) is 47.5 Å². The minimum absolute atomic E-state index is 0.103. The van der Waals surface area contributed by atoms with E-state index in [0.29, 0.717) is 23.0 Å². The first-order valence-corrected chi connectivity index (χ1v) is 10.1. The Bertz CT molecular complexity index is 906. The third kappa shape index (κ3) is 4.84. The number of methoxy groups -OCH3 is 4. The number of benzene rings is 2. The molecule has 2 aromatic carbocycles. The molecule has 4 heteroatoms. The molecule has 0 heterocycles. The van der Waals surface area contributed by atoms with Crippen molar-refractivity contribution < 1.29 is 18.9 Å². The first kappa shape index (κ1) is 21.5. The summed E-state index contributed by atoms with van der Waals surface area (Å²) in [5.41, 5.74) is 2.10. The summed E-state index contributed by atoms with van der Waals surface area (Å²) in [6.07, 6.45) is 3.90. The van der Waals surface area contributed by atoms with Crippen LogP contribution in [0.5, 0.6) is 23.0 Å². The molecule has 1 aliphatic carbocycles. The highest BCUT2D eigenvalue weighted by Crippen LogP contribution is 2.39. The van der Waals surface area contributed by atoms with Gasteiger partial charge in [0.1, 0.15) is 0 Å². The van der Waals surface area contributed by atoms with E-state index < -0.39 is 0 Å². The Morgan fingerprint density at radius 2 is 1.00 bits per heavy atom. The average Bonchev–Trinajstić information content (AvgIpc) is 2.81. The van der Waals surface area contributed by atoms with Crippen molar-refractivity contribution in [2.45, 2.75) is 37.5 Å². The van der Waals surface area contributed by atoms with E-state index in [0.717, 1.165) is 36.8 Å². The Labute approximate surface area is 179 Å². The molecule has 0 N–H and O–H groups in total. The van der Waals surface area contributed by atoms with Gasteiger partial charge in [-0.2, -0.15) is 0 Å². The smallest absolute Gasteiger partial charge is 0.161 e. The third-order valence-electron chi connectivity index (χ3n) is 5.24. The lowest BCUT2D eigenvalue weighted by Crippen LogP contribution is -2.10. The molecule has 0 unspecified atom stereocenters. The van der Waals surface area contributed by atoms with Gasteiger partial charge in [0.15, 0.2) is 23.0 Å². The van der Waals surface area contributed by atoms with Crippen LogP contribution < -0.4 is 18.9 Å². The van der Waals surface area contributed by atoms with Crippen LogP contribution in [-0.2, 0) is 0 Å². The van der Waals surface area contributed by atoms with Crippen LogP contribution in [0, 0.1) is 23.7 Å². The van der Waals surface area contributed by atoms with Crippen LogP contribution in [-0.4, -0.2) is 28.4 Å². The summed E-state index contributed by atoms with van der Waals surface area (Å²) in [5, 5.41) is 0. The van der Waals surface area contributed by atoms with Gasteiger partial charge in [0.05, 0.1) is 40.3 Å². The van der Waals surface area contributed by atoms with E-state index in [1.165, 1.54) is 0 Å². The first-order chi connectivity index (χ1) is 14.7. The normalized spacial score (nSPS) is 18.1. The summed E-state index contributed by atoms with van der Waals surface area (Å²) < 4.78 is 21.9. The van der Waals surface area contributed by atoms with Crippen LogP contribution in [0.2, 0.25) is 0 Å². The average molecular weight is 405 g/mol. The molecular formula is C26H28O4. The minimum Gasteiger partial charge on any atom is -0.493 e. The molecule has 0 aliphatic heterocycles. The monoisotopic (exact) mass is 404 g/mol. The summed E-state index contributed by atoms with van der Waals surface area (Å²) in [7, 11) is 6.57. The number of hydrogen-bond acceptors (Lipinski definition) is 4. The fraction of sp³-hybridized carbons (Fsp3) is 0.385. The molecule has 0 saturated carbocycles. The number of rotatable bonds is 6. The van der Waals surface area contributed by atoms with Crippen molar-refractivity contribution in [3.8, 4) is 46.7 Å². The summed E-state index contributed by atoms with van der Waals surface area (Å²) >= 11 is 0. The molecule has 0 spiro atoms. The van der Waals surface area contributed by atoms with Crippen molar-refractivity contribution in [1.29, 1.82) is 0 Å². The highest BCUT2D eigenvalue weighted by molar-refractivity contribution is 5.51. The molecule has 0 bridgehead atoms. The van der Waals surface area contributed by atoms with Crippen molar-refractivity contribution >= 4 is 0 Å². The van der Waals surface area contributed by atoms with Gasteiger partial charge in [-0.1, -0.05) is 24.0 Å². The molecule has 1 aliphatic rings. The highest BCUT2D eigenvalue weighted by Gasteiger charge is 2.24. The quantitative estimate of drug-likeness (QED) is 0.623. The largest absolute Gasteiger partial charge is 0.493 e. The van der Waals surface area contributed by atoms with E-state index in [-0.39, 0.29) is 11.8 Å². The second-order valence-corrected chi connectivity index (χ2v) is 7.03. The number of ether oxygens (including phenoxy) is 4. The van der Waals surface area contributed by atoms with Gasteiger partial charge < -0.3 is 18.9 Å². The van der Waals surface area contributed by atoms with Gasteiger partial charge in [0, 0.05) is 12.8 Å². The SMILES string of the molecule is COc1ccc([C@H]2C#CCCCCC#C[C@H]2c2ccc(OC)c(OC)c2)cc1OC. The van der Waals surface area contributed by atoms with Crippen LogP contribution in [0.4, 0.5) is 0 Å². The van der Waals surface area contributed by atoms with E-state index in [4.69, 9.17) is 18.9 Å². The minimum atomic E-state index is -0.103. The van der Waals surface area contributed by atoms with Crippen LogP contribution in [0.1, 0.15) is 48.6 Å². The van der Waals surface area contributed by atoms with Gasteiger partial charge in [-0.25, -0.2) is 0 Å². The van der Waals surface area contributed by atoms with Crippen LogP contribution in [0.25, 0.3) is 0 Å². The molecule has 2 atom stereocenters. The Morgan fingerprint density at radius 3 is 1.37 bits per heavy atom. The van der Waals surface area contributed by atoms with Crippen molar-refractivity contribution in [2.75, 3.05) is 28.4 Å². The zero-order valence-corrected chi connectivity index (χ0v) is 18.1. The van der Waals surface area contributed by atoms with Gasteiger partial charge in [-0.15, -0.1) is 11.8 Å². The van der Waals surface area contributed by atoms with Gasteiger partial charge >= 0.3 is 0 Å². The predicted molar refractivity (Wildman–Crippen MR) is 119 cm³/mol. The maximum atomic E-state index is 5.53. The van der Waals surface area contributed by atoms with Gasteiger partial charge in [0.2, 0.25) is 0 Å². The van der Waals surface area contributed by atoms with Crippen molar-refractivity contribution in [2.24, 2.45) is 0 Å². The number of hydrogen-bond donors (Lipinski definition) is 0. The maximum Gasteiger partial charge on any atom is 0.161 e. The Hall–Kier alpha value is -3.24. The van der Waals surface area contributed by atoms with Crippen molar-refractivity contribution in [3.63, 3.8) is 0 Å². The van der Waals surface area contributed by atoms with Crippen LogP contribution in [0.3, 0.4) is 0 Å². The molecule has 4 nitrogen and oxygen atoms in total. The molecule has 0 radical (unpaired) electrons. The standard InChI is InChI=1S/C26H28O4/c1-27-23-15-13-19(17-25(23)29-3)21-11-9-7-5-6-8-10-12-22(21)20-14-16-24(28-2)26(18-20)30-4/h13-18,21-22H,5-8H2,1-4H3/t21-,22+. The fourth-order valence-electron chi connectivity index (χ4n) is 3.60. The Kier molecular flexibility index (Phi) is 7.52. The topological polar surface area (TPSA) is 36.9 Å². The summed E-state index contributed by atoms with van der Waals surface area (Å²) in [6.45, 7) is 0. The van der Waals surface area contributed by atoms with E-state index in [9.17, 15) is 0 Å². The maximum absolute atomic E-state index is 5.53. The molecule has 0 fully saturated rings. The van der Waals surface area contributed by atoms with E-state index >= 15 is 0 Å². The lowest BCUT2D eigenvalue weighted by Gasteiger charge is -2.22. The van der Waals surface area contributed by atoms with Gasteiger partial charge in [0.25, 0.3) is 0 Å². The summed E-state index contributed by atoms with van der Waals surface area (Å²) in [5.74, 6) is 16.3. The lowest BCUT2D eigenvalue weighted by atomic mass is 9.81. The molecule has 0 amide bonds. The van der Waals surface area contributed by atoms with Gasteiger partial charge in [-0.3, -0.25) is 0 Å². The summed E-state index contributed by atoms with van der Waals surface area (Å²) in [6, 6.07) is 11.9. The fourth-order valence-corrected chi connectivity index (χ4v) is 3.60. The lowest BCUT2D eigenvalue weighted by molar-refractivity contribution is 0.354. The molecule has 2 aromatic rings. The predicted octanol–water partition coefficient (Wildman–Crippen LogP) is 5.17. The van der Waals surface area contributed by atoms with E-state index in [2.05, 4.69) is 23.7 Å². The second-order valence-electron chi connectivity index (χ2n) is 7.03. The van der Waals surface area contributed by atoms with E-state index in [1.54, 1.807) is 28.4 Å².